The Hall–Kier alpha value is -1.74. The van der Waals surface area contributed by atoms with Crippen LogP contribution in [0, 0.1) is 19.7 Å². The molecule has 0 radical (unpaired) electrons. The van der Waals surface area contributed by atoms with E-state index in [4.69, 9.17) is 16.3 Å². The van der Waals surface area contributed by atoms with Crippen LogP contribution in [-0.4, -0.2) is 7.11 Å². The molecule has 0 spiro atoms. The van der Waals surface area contributed by atoms with Crippen molar-refractivity contribution in [3.63, 3.8) is 0 Å². The van der Waals surface area contributed by atoms with Gasteiger partial charge in [-0.2, -0.15) is 0 Å². The number of nitrogens with one attached hydrogen (secondary N) is 1. The van der Waals surface area contributed by atoms with Gasteiger partial charge >= 0.3 is 0 Å². The molecule has 0 aromatic heterocycles. The van der Waals surface area contributed by atoms with Crippen LogP contribution in [0.4, 0.5) is 10.1 Å². The number of aryl methyl sites for hydroxylation is 1. The SMILES string of the molecule is COc1c(C)ccc(NCc2c(F)cccc2Cl)c1C. The molecule has 2 nitrogen and oxygen atoms in total. The van der Waals surface area contributed by atoms with Crippen molar-refractivity contribution >= 4 is 17.3 Å². The third kappa shape index (κ3) is 2.88. The molecule has 0 saturated carbocycles. The standard InChI is InChI=1S/C16H17ClFNO/c1-10-7-8-15(11(2)16(10)20-3)19-9-12-13(17)5-4-6-14(12)18/h4-8,19H,9H2,1-3H3. The van der Waals surface area contributed by atoms with Gasteiger partial charge in [-0.1, -0.05) is 23.7 Å². The van der Waals surface area contributed by atoms with Gasteiger partial charge in [0.05, 0.1) is 7.11 Å². The Kier molecular flexibility index (Phi) is 4.50. The van der Waals surface area contributed by atoms with Gasteiger partial charge in [-0.15, -0.1) is 0 Å². The van der Waals surface area contributed by atoms with E-state index < -0.39 is 0 Å². The molecule has 4 heteroatoms. The van der Waals surface area contributed by atoms with E-state index in [0.29, 0.717) is 17.1 Å². The number of hydrogen-bond donors (Lipinski definition) is 1. The second-order valence-electron chi connectivity index (χ2n) is 4.64. The fourth-order valence-corrected chi connectivity index (χ4v) is 2.45. The summed E-state index contributed by atoms with van der Waals surface area (Å²) in [6.07, 6.45) is 0. The maximum atomic E-state index is 13.7. The van der Waals surface area contributed by atoms with Gasteiger partial charge in [-0.3, -0.25) is 0 Å². The number of anilines is 1. The highest BCUT2D eigenvalue weighted by Gasteiger charge is 2.10. The van der Waals surface area contributed by atoms with Crippen molar-refractivity contribution in [3.05, 3.63) is 57.9 Å². The van der Waals surface area contributed by atoms with Crippen molar-refractivity contribution in [2.45, 2.75) is 20.4 Å². The zero-order valence-electron chi connectivity index (χ0n) is 11.8. The minimum atomic E-state index is -0.304. The molecule has 0 unspecified atom stereocenters. The lowest BCUT2D eigenvalue weighted by molar-refractivity contribution is 0.409. The van der Waals surface area contributed by atoms with Crippen LogP contribution in [0.2, 0.25) is 5.02 Å². The normalized spacial score (nSPS) is 10.4. The van der Waals surface area contributed by atoms with Gasteiger partial charge in [-0.05, 0) is 37.6 Å². The lowest BCUT2D eigenvalue weighted by atomic mass is 10.1. The number of rotatable bonds is 4. The zero-order chi connectivity index (χ0) is 14.7. The van der Waals surface area contributed by atoms with E-state index in [0.717, 1.165) is 22.6 Å². The number of ether oxygens (including phenoxy) is 1. The molecule has 0 aliphatic heterocycles. The smallest absolute Gasteiger partial charge is 0.129 e. The van der Waals surface area contributed by atoms with Gasteiger partial charge in [0, 0.05) is 28.4 Å². The molecule has 0 atom stereocenters. The van der Waals surface area contributed by atoms with Crippen molar-refractivity contribution in [2.75, 3.05) is 12.4 Å². The molecule has 0 saturated heterocycles. The summed E-state index contributed by atoms with van der Waals surface area (Å²) in [6, 6.07) is 8.62. The predicted octanol–water partition coefficient (Wildman–Crippen LogP) is 4.72. The van der Waals surface area contributed by atoms with Crippen molar-refractivity contribution in [3.8, 4) is 5.75 Å². The second kappa shape index (κ2) is 6.14. The first kappa shape index (κ1) is 14.7. The van der Waals surface area contributed by atoms with Gasteiger partial charge in [-0.25, -0.2) is 4.39 Å². The van der Waals surface area contributed by atoms with E-state index in [-0.39, 0.29) is 5.82 Å². The predicted molar refractivity (Wildman–Crippen MR) is 81.2 cm³/mol. The van der Waals surface area contributed by atoms with Crippen molar-refractivity contribution in [1.82, 2.24) is 0 Å². The summed E-state index contributed by atoms with van der Waals surface area (Å²) in [6.45, 7) is 4.29. The first-order valence-electron chi connectivity index (χ1n) is 6.35. The fourth-order valence-electron chi connectivity index (χ4n) is 2.22. The van der Waals surface area contributed by atoms with Crippen molar-refractivity contribution in [2.24, 2.45) is 0 Å². The average Bonchev–Trinajstić information content (AvgIpc) is 2.41. The Bertz CT molecular complexity index is 608. The molecule has 0 amide bonds. The van der Waals surface area contributed by atoms with Crippen LogP contribution < -0.4 is 10.1 Å². The molecule has 0 fully saturated rings. The van der Waals surface area contributed by atoms with Crippen LogP contribution in [0.15, 0.2) is 30.3 Å². The first-order chi connectivity index (χ1) is 9.54. The molecule has 2 rings (SSSR count). The summed E-state index contributed by atoms with van der Waals surface area (Å²) < 4.78 is 19.1. The Morgan fingerprint density at radius 2 is 1.95 bits per heavy atom. The van der Waals surface area contributed by atoms with Crippen molar-refractivity contribution in [1.29, 1.82) is 0 Å². The number of benzene rings is 2. The van der Waals surface area contributed by atoms with E-state index in [2.05, 4.69) is 5.32 Å². The molecule has 1 N–H and O–H groups in total. The van der Waals surface area contributed by atoms with Gasteiger partial charge in [0.15, 0.2) is 0 Å². The molecular formula is C16H17ClFNO. The molecular weight excluding hydrogens is 277 g/mol. The highest BCUT2D eigenvalue weighted by Crippen LogP contribution is 2.30. The maximum absolute atomic E-state index is 13.7. The van der Waals surface area contributed by atoms with E-state index in [1.54, 1.807) is 19.2 Å². The summed E-state index contributed by atoms with van der Waals surface area (Å²) in [5.74, 6) is 0.538. The molecule has 0 heterocycles. The minimum Gasteiger partial charge on any atom is -0.496 e. The lowest BCUT2D eigenvalue weighted by Gasteiger charge is -2.15. The Labute approximate surface area is 123 Å². The van der Waals surface area contributed by atoms with Crippen LogP contribution in [0.5, 0.6) is 5.75 Å². The molecule has 2 aromatic carbocycles. The Morgan fingerprint density at radius 3 is 2.60 bits per heavy atom. The lowest BCUT2D eigenvalue weighted by Crippen LogP contribution is -2.05. The van der Waals surface area contributed by atoms with Crippen LogP contribution in [0.3, 0.4) is 0 Å². The summed E-state index contributed by atoms with van der Waals surface area (Å²) in [5.41, 5.74) is 3.44. The molecule has 2 aromatic rings. The second-order valence-corrected chi connectivity index (χ2v) is 5.05. The van der Waals surface area contributed by atoms with Gasteiger partial charge in [0.2, 0.25) is 0 Å². The molecule has 20 heavy (non-hydrogen) atoms. The molecule has 0 aliphatic carbocycles. The van der Waals surface area contributed by atoms with E-state index in [1.165, 1.54) is 6.07 Å². The van der Waals surface area contributed by atoms with Gasteiger partial charge in [0.1, 0.15) is 11.6 Å². The van der Waals surface area contributed by atoms with Gasteiger partial charge < -0.3 is 10.1 Å². The third-order valence-electron chi connectivity index (χ3n) is 3.32. The van der Waals surface area contributed by atoms with Crippen LogP contribution in [0.25, 0.3) is 0 Å². The number of hydrogen-bond acceptors (Lipinski definition) is 2. The fraction of sp³-hybridized carbons (Fsp3) is 0.250. The minimum absolute atomic E-state index is 0.304. The third-order valence-corrected chi connectivity index (χ3v) is 3.68. The average molecular weight is 294 g/mol. The largest absolute Gasteiger partial charge is 0.496 e. The zero-order valence-corrected chi connectivity index (χ0v) is 12.5. The highest BCUT2D eigenvalue weighted by molar-refractivity contribution is 6.31. The first-order valence-corrected chi connectivity index (χ1v) is 6.73. The van der Waals surface area contributed by atoms with Gasteiger partial charge in [0.25, 0.3) is 0 Å². The highest BCUT2D eigenvalue weighted by atomic mass is 35.5. The molecule has 0 bridgehead atoms. The maximum Gasteiger partial charge on any atom is 0.129 e. The van der Waals surface area contributed by atoms with Crippen LogP contribution in [-0.2, 0) is 6.54 Å². The number of halogens is 2. The summed E-state index contributed by atoms with van der Waals surface area (Å²) >= 11 is 6.01. The Morgan fingerprint density at radius 1 is 1.20 bits per heavy atom. The quantitative estimate of drug-likeness (QED) is 0.881. The Balaban J connectivity index is 2.24. The van der Waals surface area contributed by atoms with E-state index in [9.17, 15) is 4.39 Å². The van der Waals surface area contributed by atoms with Crippen LogP contribution in [0.1, 0.15) is 16.7 Å². The summed E-state index contributed by atoms with van der Waals surface area (Å²) in [4.78, 5) is 0. The summed E-state index contributed by atoms with van der Waals surface area (Å²) in [7, 11) is 1.65. The molecule has 0 aliphatic rings. The van der Waals surface area contributed by atoms with E-state index in [1.807, 2.05) is 26.0 Å². The monoisotopic (exact) mass is 293 g/mol. The van der Waals surface area contributed by atoms with E-state index >= 15 is 0 Å². The number of methoxy groups -OCH3 is 1. The molecule has 106 valence electrons. The summed E-state index contributed by atoms with van der Waals surface area (Å²) in [5, 5.41) is 3.63. The topological polar surface area (TPSA) is 21.3 Å². The van der Waals surface area contributed by atoms with Crippen molar-refractivity contribution < 1.29 is 9.13 Å². The van der Waals surface area contributed by atoms with Crippen LogP contribution >= 0.6 is 11.6 Å².